The summed E-state index contributed by atoms with van der Waals surface area (Å²) in [4.78, 5) is 42.2. The third-order valence-electron chi connectivity index (χ3n) is 6.12. The van der Waals surface area contributed by atoms with Gasteiger partial charge in [0.15, 0.2) is 12.4 Å². The van der Waals surface area contributed by atoms with E-state index >= 15 is 0 Å². The van der Waals surface area contributed by atoms with Crippen LogP contribution in [0.25, 0.3) is 17.0 Å². The van der Waals surface area contributed by atoms with Gasteiger partial charge in [-0.05, 0) is 57.4 Å². The lowest BCUT2D eigenvalue weighted by atomic mass is 9.98. The molecule has 0 saturated heterocycles. The van der Waals surface area contributed by atoms with Crippen LogP contribution in [-0.4, -0.2) is 32.5 Å². The van der Waals surface area contributed by atoms with Gasteiger partial charge in [-0.25, -0.2) is 4.68 Å². The minimum atomic E-state index is -0.475. The molecule has 0 radical (unpaired) electrons. The van der Waals surface area contributed by atoms with E-state index in [9.17, 15) is 14.4 Å². The van der Waals surface area contributed by atoms with Crippen LogP contribution >= 0.6 is 11.6 Å². The van der Waals surface area contributed by atoms with Crippen LogP contribution in [0.5, 0.6) is 0 Å². The van der Waals surface area contributed by atoms with E-state index in [1.165, 1.54) is 9.58 Å². The summed E-state index contributed by atoms with van der Waals surface area (Å²) in [6, 6.07) is 8.42. The Kier molecular flexibility index (Phi) is 6.08. The molecule has 0 atom stereocenters. The smallest absolute Gasteiger partial charge is 0.294 e. The molecule has 0 spiro atoms. The highest BCUT2D eigenvalue weighted by Gasteiger charge is 2.48. The van der Waals surface area contributed by atoms with Crippen molar-refractivity contribution in [3.05, 3.63) is 80.5 Å². The van der Waals surface area contributed by atoms with E-state index in [1.54, 1.807) is 48.9 Å². The van der Waals surface area contributed by atoms with Crippen molar-refractivity contribution < 1.29 is 14.2 Å². The van der Waals surface area contributed by atoms with Gasteiger partial charge in [0.1, 0.15) is 5.57 Å². The van der Waals surface area contributed by atoms with Gasteiger partial charge in [0, 0.05) is 28.4 Å². The Labute approximate surface area is 203 Å². The lowest BCUT2D eigenvalue weighted by Crippen LogP contribution is -2.42. The number of H-pyrrole nitrogens is 1. The van der Waals surface area contributed by atoms with Crippen molar-refractivity contribution >= 4 is 34.7 Å². The molecule has 1 aliphatic heterocycles. The van der Waals surface area contributed by atoms with Crippen LogP contribution in [0.1, 0.15) is 56.0 Å². The first-order valence-corrected chi connectivity index (χ1v) is 11.6. The molecule has 0 fully saturated rings. The summed E-state index contributed by atoms with van der Waals surface area (Å²) in [6.07, 6.45) is 3.57. The van der Waals surface area contributed by atoms with Gasteiger partial charge in [0.2, 0.25) is 0 Å². The molecular weight excluding hydrogens is 452 g/mol. The van der Waals surface area contributed by atoms with E-state index in [1.807, 2.05) is 40.0 Å². The van der Waals surface area contributed by atoms with Gasteiger partial charge in [-0.3, -0.25) is 24.4 Å². The maximum Gasteiger partial charge on any atom is 0.327 e. The van der Waals surface area contributed by atoms with Crippen LogP contribution in [-0.2, 0) is 9.59 Å². The van der Waals surface area contributed by atoms with E-state index in [4.69, 9.17) is 11.6 Å². The van der Waals surface area contributed by atoms with Crippen LogP contribution in [0.2, 0.25) is 5.02 Å². The molecule has 4 rings (SSSR count). The number of imide groups is 1. The van der Waals surface area contributed by atoms with Gasteiger partial charge in [-0.1, -0.05) is 31.5 Å². The number of aryl methyl sites for hydroxylation is 2. The number of rotatable bonds is 5. The zero-order valence-corrected chi connectivity index (χ0v) is 20.9. The molecule has 7 nitrogen and oxygen atoms in total. The van der Waals surface area contributed by atoms with Crippen LogP contribution < -0.4 is 10.1 Å². The Morgan fingerprint density at radius 3 is 2.26 bits per heavy atom. The molecule has 0 unspecified atom stereocenters. The van der Waals surface area contributed by atoms with Crippen molar-refractivity contribution in [1.29, 1.82) is 0 Å². The van der Waals surface area contributed by atoms with E-state index in [2.05, 4.69) is 5.10 Å². The number of carbonyl (C=O) groups is 2. The Morgan fingerprint density at radius 1 is 0.971 bits per heavy atom. The molecule has 176 valence electrons. The lowest BCUT2D eigenvalue weighted by molar-refractivity contribution is -0.577. The minimum absolute atomic E-state index is 0.109. The van der Waals surface area contributed by atoms with Crippen molar-refractivity contribution in [2.24, 2.45) is 0 Å². The quantitative estimate of drug-likeness (QED) is 0.444. The SMILES string of the molecule is Cc1cc[n+](C2=C(c3c(C(C)C)[nH]n(-c4cccc(Cl)c4)c3=O)C(=O)N(C(C)C)C2=O)cc1C. The summed E-state index contributed by atoms with van der Waals surface area (Å²) < 4.78 is 3.03. The molecule has 1 aliphatic rings. The summed E-state index contributed by atoms with van der Waals surface area (Å²) in [6.45, 7) is 11.3. The first-order chi connectivity index (χ1) is 16.0. The highest BCUT2D eigenvalue weighted by molar-refractivity contribution is 6.44. The maximum atomic E-state index is 13.8. The average molecular weight is 480 g/mol. The van der Waals surface area contributed by atoms with Gasteiger partial charge in [0.25, 0.3) is 17.2 Å². The monoisotopic (exact) mass is 479 g/mol. The summed E-state index contributed by atoms with van der Waals surface area (Å²) in [7, 11) is 0. The van der Waals surface area contributed by atoms with E-state index in [0.29, 0.717) is 16.4 Å². The number of hydrogen-bond donors (Lipinski definition) is 1. The standard InChI is InChI=1S/C26H27ClN4O3/c1-14(2)22-20(25(33)31(28-22)19-9-7-8-18(27)12-19)21-23(26(34)30(15(3)4)24(21)32)29-11-10-16(5)17(6)13-29/h7-15H,1-6H3/p+1. The second-order valence-electron chi connectivity index (χ2n) is 9.19. The van der Waals surface area contributed by atoms with E-state index < -0.39 is 17.4 Å². The topological polar surface area (TPSA) is 79.1 Å². The summed E-state index contributed by atoms with van der Waals surface area (Å²) in [5.41, 5.74) is 3.23. The van der Waals surface area contributed by atoms with Gasteiger partial charge in [0.05, 0.1) is 11.3 Å². The molecule has 2 amide bonds. The fraction of sp³-hybridized carbons (Fsp3) is 0.308. The number of amides is 2. The van der Waals surface area contributed by atoms with Gasteiger partial charge < -0.3 is 0 Å². The van der Waals surface area contributed by atoms with Crippen molar-refractivity contribution in [3.63, 3.8) is 0 Å². The third kappa shape index (κ3) is 3.80. The first kappa shape index (κ1) is 23.7. The van der Waals surface area contributed by atoms with E-state index in [0.717, 1.165) is 11.1 Å². The molecule has 0 saturated carbocycles. The van der Waals surface area contributed by atoms with Crippen LogP contribution in [0.4, 0.5) is 0 Å². The molecule has 3 heterocycles. The van der Waals surface area contributed by atoms with Gasteiger partial charge >= 0.3 is 5.91 Å². The Hall–Kier alpha value is -3.45. The highest BCUT2D eigenvalue weighted by atomic mass is 35.5. The second-order valence-corrected chi connectivity index (χ2v) is 9.63. The minimum Gasteiger partial charge on any atom is -0.294 e. The zero-order valence-electron chi connectivity index (χ0n) is 20.1. The zero-order chi connectivity index (χ0) is 24.9. The van der Waals surface area contributed by atoms with Crippen molar-refractivity contribution in [2.75, 3.05) is 0 Å². The number of pyridine rings is 1. The Balaban J connectivity index is 2.07. The number of halogens is 1. The predicted molar refractivity (Wildman–Crippen MR) is 132 cm³/mol. The van der Waals surface area contributed by atoms with Crippen molar-refractivity contribution in [3.8, 4) is 5.69 Å². The molecule has 34 heavy (non-hydrogen) atoms. The highest BCUT2D eigenvalue weighted by Crippen LogP contribution is 2.33. The Morgan fingerprint density at radius 2 is 1.68 bits per heavy atom. The Bertz CT molecular complexity index is 1410. The molecule has 1 N–H and O–H groups in total. The summed E-state index contributed by atoms with van der Waals surface area (Å²) in [5, 5.41) is 3.64. The largest absolute Gasteiger partial charge is 0.327 e. The van der Waals surface area contributed by atoms with Gasteiger partial charge in [-0.2, -0.15) is 4.57 Å². The number of aromatic nitrogens is 3. The number of nitrogens with zero attached hydrogens (tertiary/aromatic N) is 3. The molecule has 2 aromatic heterocycles. The number of benzene rings is 1. The van der Waals surface area contributed by atoms with Crippen LogP contribution in [0.15, 0.2) is 47.5 Å². The van der Waals surface area contributed by atoms with Crippen molar-refractivity contribution in [1.82, 2.24) is 14.7 Å². The van der Waals surface area contributed by atoms with E-state index in [-0.39, 0.29) is 28.8 Å². The fourth-order valence-corrected chi connectivity index (χ4v) is 4.38. The predicted octanol–water partition coefficient (Wildman–Crippen LogP) is 3.99. The molecule has 0 bridgehead atoms. The molecule has 8 heteroatoms. The number of aromatic amines is 1. The average Bonchev–Trinajstić information content (AvgIpc) is 3.23. The molecule has 3 aromatic rings. The number of nitrogens with one attached hydrogen (secondary N) is 1. The van der Waals surface area contributed by atoms with Crippen LogP contribution in [0.3, 0.4) is 0 Å². The van der Waals surface area contributed by atoms with Gasteiger partial charge in [-0.15, -0.1) is 0 Å². The normalized spacial score (nSPS) is 14.3. The maximum absolute atomic E-state index is 13.8. The lowest BCUT2D eigenvalue weighted by Gasteiger charge is -2.18. The summed E-state index contributed by atoms with van der Waals surface area (Å²) in [5.74, 6) is -1.01. The molecule has 1 aromatic carbocycles. The molecular formula is C26H28ClN4O3+. The number of carbonyl (C=O) groups excluding carboxylic acids is 2. The summed E-state index contributed by atoms with van der Waals surface area (Å²) >= 11 is 6.16. The first-order valence-electron chi connectivity index (χ1n) is 11.2. The third-order valence-corrected chi connectivity index (χ3v) is 6.35. The number of hydrogen-bond acceptors (Lipinski definition) is 3. The second kappa shape index (κ2) is 8.72. The molecule has 0 aliphatic carbocycles. The van der Waals surface area contributed by atoms with Crippen molar-refractivity contribution in [2.45, 2.75) is 53.5 Å². The fourth-order valence-electron chi connectivity index (χ4n) is 4.20. The van der Waals surface area contributed by atoms with Crippen LogP contribution in [0, 0.1) is 13.8 Å².